The molecule has 4 rings (SSSR count). The van der Waals surface area contributed by atoms with Gasteiger partial charge in [-0.1, -0.05) is 47.5 Å². The lowest BCUT2D eigenvalue weighted by Crippen LogP contribution is -2.20. The highest BCUT2D eigenvalue weighted by atomic mass is 35.5. The van der Waals surface area contributed by atoms with Crippen molar-refractivity contribution in [2.45, 2.75) is 6.92 Å². The third-order valence-corrected chi connectivity index (χ3v) is 4.78. The van der Waals surface area contributed by atoms with E-state index in [1.807, 2.05) is 37.3 Å². The van der Waals surface area contributed by atoms with Crippen LogP contribution >= 0.6 is 23.2 Å². The van der Waals surface area contributed by atoms with E-state index in [2.05, 4.69) is 10.3 Å². The molecule has 7 heteroatoms. The molecule has 0 bridgehead atoms. The highest BCUT2D eigenvalue weighted by Crippen LogP contribution is 2.33. The molecule has 0 aliphatic carbocycles. The maximum Gasteiger partial charge on any atom is 0.262 e. The van der Waals surface area contributed by atoms with Crippen molar-refractivity contribution in [2.75, 3.05) is 11.9 Å². The van der Waals surface area contributed by atoms with Crippen LogP contribution in [0.15, 0.2) is 65.1 Å². The van der Waals surface area contributed by atoms with E-state index in [4.69, 9.17) is 32.4 Å². The van der Waals surface area contributed by atoms with Crippen molar-refractivity contribution in [1.29, 1.82) is 0 Å². The standard InChI is InChI=1S/C22H16Cl2N2O3/c1-13-7-8-14(22-26-19-11-15(23)10-17(24)21(19)29-22)9-18(13)25-20(27)12-28-16-5-3-2-4-6-16/h2-11H,12H2,1H3,(H,25,27). The highest BCUT2D eigenvalue weighted by molar-refractivity contribution is 6.38. The quantitative estimate of drug-likeness (QED) is 0.416. The Morgan fingerprint density at radius 1 is 1.10 bits per heavy atom. The topological polar surface area (TPSA) is 64.4 Å². The molecule has 0 fully saturated rings. The Morgan fingerprint density at radius 3 is 2.69 bits per heavy atom. The first kappa shape index (κ1) is 19.3. The molecule has 1 N–H and O–H groups in total. The summed E-state index contributed by atoms with van der Waals surface area (Å²) in [6.45, 7) is 1.81. The number of oxazole rings is 1. The number of aryl methyl sites for hydroxylation is 1. The number of rotatable bonds is 5. The Balaban J connectivity index is 1.54. The summed E-state index contributed by atoms with van der Waals surface area (Å²) >= 11 is 12.2. The average molecular weight is 427 g/mol. The van der Waals surface area contributed by atoms with Gasteiger partial charge in [-0.05, 0) is 48.9 Å². The van der Waals surface area contributed by atoms with Gasteiger partial charge in [0.25, 0.3) is 5.91 Å². The van der Waals surface area contributed by atoms with Crippen molar-refractivity contribution in [3.8, 4) is 17.2 Å². The first-order valence-electron chi connectivity index (χ1n) is 8.84. The summed E-state index contributed by atoms with van der Waals surface area (Å²) in [6, 6.07) is 18.0. The molecule has 1 aromatic heterocycles. The number of halogens is 2. The van der Waals surface area contributed by atoms with Gasteiger partial charge in [0.2, 0.25) is 5.89 Å². The number of hydrogen-bond donors (Lipinski definition) is 1. The fourth-order valence-electron chi connectivity index (χ4n) is 2.82. The van der Waals surface area contributed by atoms with E-state index in [-0.39, 0.29) is 12.5 Å². The van der Waals surface area contributed by atoms with Crippen LogP contribution in [0.4, 0.5) is 5.69 Å². The van der Waals surface area contributed by atoms with Crippen molar-refractivity contribution in [2.24, 2.45) is 0 Å². The summed E-state index contributed by atoms with van der Waals surface area (Å²) in [4.78, 5) is 16.8. The molecule has 3 aromatic carbocycles. The molecule has 0 atom stereocenters. The minimum absolute atomic E-state index is 0.0926. The second-order valence-corrected chi connectivity index (χ2v) is 7.28. The first-order valence-corrected chi connectivity index (χ1v) is 9.59. The summed E-state index contributed by atoms with van der Waals surface area (Å²) in [5, 5.41) is 3.74. The smallest absolute Gasteiger partial charge is 0.262 e. The molecular weight excluding hydrogens is 411 g/mol. The molecule has 146 valence electrons. The number of nitrogens with one attached hydrogen (secondary N) is 1. The van der Waals surface area contributed by atoms with Crippen LogP contribution in [0, 0.1) is 6.92 Å². The SMILES string of the molecule is Cc1ccc(-c2nc3cc(Cl)cc(Cl)c3o2)cc1NC(=O)COc1ccccc1. The number of benzene rings is 3. The fraction of sp³-hybridized carbons (Fsp3) is 0.0909. The lowest BCUT2D eigenvalue weighted by atomic mass is 10.1. The van der Waals surface area contributed by atoms with Gasteiger partial charge in [-0.2, -0.15) is 0 Å². The van der Waals surface area contributed by atoms with Crippen LogP contribution in [0.1, 0.15) is 5.56 Å². The maximum atomic E-state index is 12.3. The molecule has 0 aliphatic rings. The van der Waals surface area contributed by atoms with Crippen LogP contribution in [0.3, 0.4) is 0 Å². The predicted molar refractivity (Wildman–Crippen MR) is 115 cm³/mol. The van der Waals surface area contributed by atoms with Crippen molar-refractivity contribution in [3.63, 3.8) is 0 Å². The van der Waals surface area contributed by atoms with Gasteiger partial charge in [0, 0.05) is 16.3 Å². The lowest BCUT2D eigenvalue weighted by Gasteiger charge is -2.10. The zero-order chi connectivity index (χ0) is 20.4. The number of fused-ring (bicyclic) bond motifs is 1. The Labute approximate surface area is 177 Å². The van der Waals surface area contributed by atoms with Gasteiger partial charge >= 0.3 is 0 Å². The lowest BCUT2D eigenvalue weighted by molar-refractivity contribution is -0.118. The summed E-state index contributed by atoms with van der Waals surface area (Å²) in [7, 11) is 0. The summed E-state index contributed by atoms with van der Waals surface area (Å²) in [6.07, 6.45) is 0. The van der Waals surface area contributed by atoms with Gasteiger partial charge in [0.15, 0.2) is 12.2 Å². The molecule has 29 heavy (non-hydrogen) atoms. The number of nitrogens with zero attached hydrogens (tertiary/aromatic N) is 1. The van der Waals surface area contributed by atoms with Crippen LogP contribution in [-0.2, 0) is 4.79 Å². The van der Waals surface area contributed by atoms with E-state index < -0.39 is 0 Å². The van der Waals surface area contributed by atoms with E-state index in [0.29, 0.717) is 44.0 Å². The molecular formula is C22H16Cl2N2O3. The summed E-state index contributed by atoms with van der Waals surface area (Å²) in [5.41, 5.74) is 3.29. The van der Waals surface area contributed by atoms with E-state index in [1.54, 1.807) is 30.3 Å². The molecule has 0 saturated heterocycles. The highest BCUT2D eigenvalue weighted by Gasteiger charge is 2.14. The number of anilines is 1. The largest absolute Gasteiger partial charge is 0.484 e. The predicted octanol–water partition coefficient (Wildman–Crippen LogP) is 6.13. The summed E-state index contributed by atoms with van der Waals surface area (Å²) < 4.78 is 11.3. The third-order valence-electron chi connectivity index (χ3n) is 4.28. The molecule has 4 aromatic rings. The van der Waals surface area contributed by atoms with E-state index in [9.17, 15) is 4.79 Å². The van der Waals surface area contributed by atoms with Crippen LogP contribution in [-0.4, -0.2) is 17.5 Å². The van der Waals surface area contributed by atoms with Gasteiger partial charge in [0.05, 0.1) is 5.02 Å². The second-order valence-electron chi connectivity index (χ2n) is 6.43. The third kappa shape index (κ3) is 4.36. The van der Waals surface area contributed by atoms with E-state index in [1.165, 1.54) is 0 Å². The molecule has 0 radical (unpaired) electrons. The molecule has 0 spiro atoms. The Kier molecular flexibility index (Phi) is 5.43. The number of para-hydroxylation sites is 1. The van der Waals surface area contributed by atoms with Gasteiger partial charge in [-0.3, -0.25) is 4.79 Å². The number of hydrogen-bond acceptors (Lipinski definition) is 4. The molecule has 1 amide bonds. The van der Waals surface area contributed by atoms with Crippen molar-refractivity contribution >= 4 is 45.9 Å². The fourth-order valence-corrected chi connectivity index (χ4v) is 3.35. The molecule has 5 nitrogen and oxygen atoms in total. The zero-order valence-electron chi connectivity index (χ0n) is 15.4. The van der Waals surface area contributed by atoms with Crippen LogP contribution in [0.5, 0.6) is 5.75 Å². The minimum Gasteiger partial charge on any atom is -0.484 e. The number of carbonyl (C=O) groups is 1. The second kappa shape index (κ2) is 8.15. The zero-order valence-corrected chi connectivity index (χ0v) is 16.9. The monoisotopic (exact) mass is 426 g/mol. The molecule has 0 saturated carbocycles. The van der Waals surface area contributed by atoms with E-state index >= 15 is 0 Å². The molecule has 1 heterocycles. The Morgan fingerprint density at radius 2 is 1.90 bits per heavy atom. The summed E-state index contributed by atoms with van der Waals surface area (Å²) in [5.74, 6) is 0.761. The Hall–Kier alpha value is -3.02. The number of amides is 1. The van der Waals surface area contributed by atoms with Crippen LogP contribution in [0.25, 0.3) is 22.6 Å². The minimum atomic E-state index is -0.263. The molecule has 0 unspecified atom stereocenters. The van der Waals surface area contributed by atoms with E-state index in [0.717, 1.165) is 5.56 Å². The van der Waals surface area contributed by atoms with Crippen LogP contribution in [0.2, 0.25) is 10.0 Å². The van der Waals surface area contributed by atoms with Gasteiger partial charge in [-0.25, -0.2) is 4.98 Å². The van der Waals surface area contributed by atoms with Gasteiger partial charge in [-0.15, -0.1) is 0 Å². The van der Waals surface area contributed by atoms with Crippen molar-refractivity contribution < 1.29 is 13.9 Å². The maximum absolute atomic E-state index is 12.3. The normalized spacial score (nSPS) is 10.9. The van der Waals surface area contributed by atoms with Crippen LogP contribution < -0.4 is 10.1 Å². The molecule has 0 aliphatic heterocycles. The number of ether oxygens (including phenoxy) is 1. The number of aromatic nitrogens is 1. The van der Waals surface area contributed by atoms with Gasteiger partial charge < -0.3 is 14.5 Å². The average Bonchev–Trinajstić information content (AvgIpc) is 3.13. The van der Waals surface area contributed by atoms with Crippen molar-refractivity contribution in [1.82, 2.24) is 4.98 Å². The Bertz CT molecular complexity index is 1190. The van der Waals surface area contributed by atoms with Gasteiger partial charge in [0.1, 0.15) is 11.3 Å². The first-order chi connectivity index (χ1) is 14.0. The van der Waals surface area contributed by atoms with Crippen molar-refractivity contribution in [3.05, 3.63) is 76.3 Å². The number of carbonyl (C=O) groups excluding carboxylic acids is 1.